The number of hydrogen-bond acceptors (Lipinski definition) is 2. The fourth-order valence-corrected chi connectivity index (χ4v) is 3.78. The van der Waals surface area contributed by atoms with E-state index in [-0.39, 0.29) is 0 Å². The molecule has 28 heavy (non-hydrogen) atoms. The Labute approximate surface area is 163 Å². The molecule has 2 aromatic carbocycles. The van der Waals surface area contributed by atoms with Crippen molar-refractivity contribution in [3.63, 3.8) is 0 Å². The summed E-state index contributed by atoms with van der Waals surface area (Å²) >= 11 is 6.27. The number of nitrogens with zero attached hydrogens (tertiary/aromatic N) is 2. The van der Waals surface area contributed by atoms with Crippen LogP contribution in [0, 0.1) is 5.92 Å². The summed E-state index contributed by atoms with van der Waals surface area (Å²) in [4.78, 5) is 12.9. The van der Waals surface area contributed by atoms with Gasteiger partial charge in [-0.05, 0) is 35.9 Å². The number of hydrogen-bond donors (Lipinski definition) is 1. The molecule has 0 bridgehead atoms. The molecular weight excluding hydrogens is 393 g/mol. The van der Waals surface area contributed by atoms with Gasteiger partial charge in [-0.1, -0.05) is 17.7 Å². The van der Waals surface area contributed by atoms with Crippen LogP contribution in [0.15, 0.2) is 42.6 Å². The molecule has 1 aliphatic heterocycles. The van der Waals surface area contributed by atoms with Gasteiger partial charge in [-0.2, -0.15) is 13.2 Å². The maximum absolute atomic E-state index is 13.0. The van der Waals surface area contributed by atoms with E-state index in [1.807, 2.05) is 11.0 Å². The van der Waals surface area contributed by atoms with E-state index in [4.69, 9.17) is 16.7 Å². The Kier molecular flexibility index (Phi) is 4.30. The van der Waals surface area contributed by atoms with Gasteiger partial charge in [0.2, 0.25) is 0 Å². The van der Waals surface area contributed by atoms with Gasteiger partial charge >= 0.3 is 12.1 Å². The van der Waals surface area contributed by atoms with Crippen LogP contribution in [0.25, 0.3) is 22.0 Å². The molecule has 1 saturated heterocycles. The number of alkyl halides is 3. The molecule has 0 radical (unpaired) electrons. The largest absolute Gasteiger partial charge is 0.481 e. The molecule has 0 aliphatic carbocycles. The van der Waals surface area contributed by atoms with Crippen LogP contribution in [-0.2, 0) is 18.0 Å². The Morgan fingerprint density at radius 2 is 1.89 bits per heavy atom. The van der Waals surface area contributed by atoms with Crippen molar-refractivity contribution >= 4 is 34.2 Å². The third kappa shape index (κ3) is 3.20. The zero-order valence-electron chi connectivity index (χ0n) is 14.8. The van der Waals surface area contributed by atoms with Crippen molar-refractivity contribution in [2.45, 2.75) is 6.18 Å². The normalized spacial score (nSPS) is 15.1. The number of anilines is 1. The molecule has 4 nitrogen and oxygen atoms in total. The molecule has 8 heteroatoms. The topological polar surface area (TPSA) is 45.5 Å². The van der Waals surface area contributed by atoms with Crippen molar-refractivity contribution in [2.24, 2.45) is 13.0 Å². The molecule has 0 spiro atoms. The average Bonchev–Trinajstić information content (AvgIpc) is 2.88. The number of rotatable bonds is 3. The van der Waals surface area contributed by atoms with Crippen LogP contribution in [0.3, 0.4) is 0 Å². The van der Waals surface area contributed by atoms with Gasteiger partial charge in [0.05, 0.1) is 11.5 Å². The van der Waals surface area contributed by atoms with Gasteiger partial charge in [-0.3, -0.25) is 4.79 Å². The molecule has 3 aromatic rings. The molecule has 146 valence electrons. The van der Waals surface area contributed by atoms with E-state index in [0.717, 1.165) is 28.9 Å². The van der Waals surface area contributed by atoms with Crippen LogP contribution in [-0.4, -0.2) is 28.7 Å². The predicted molar refractivity (Wildman–Crippen MR) is 102 cm³/mol. The van der Waals surface area contributed by atoms with E-state index in [1.165, 1.54) is 6.07 Å². The lowest BCUT2D eigenvalue weighted by molar-refractivity contribution is -0.142. The van der Waals surface area contributed by atoms with Crippen LogP contribution in [0.5, 0.6) is 0 Å². The van der Waals surface area contributed by atoms with Gasteiger partial charge in [0.1, 0.15) is 0 Å². The minimum Gasteiger partial charge on any atom is -0.481 e. The van der Waals surface area contributed by atoms with E-state index < -0.39 is 23.6 Å². The first kappa shape index (κ1) is 18.7. The van der Waals surface area contributed by atoms with Gasteiger partial charge in [0, 0.05) is 53.5 Å². The first-order valence-electron chi connectivity index (χ1n) is 8.58. The molecule has 1 aliphatic rings. The minimum absolute atomic E-state index is 0.402. The van der Waals surface area contributed by atoms with Crippen LogP contribution < -0.4 is 4.90 Å². The number of carboxylic acid groups (broad SMARTS) is 1. The van der Waals surface area contributed by atoms with Crippen LogP contribution >= 0.6 is 11.6 Å². The Morgan fingerprint density at radius 3 is 2.54 bits per heavy atom. The number of aryl methyl sites for hydroxylation is 1. The second-order valence-electron chi connectivity index (χ2n) is 7.02. The van der Waals surface area contributed by atoms with Crippen LogP contribution in [0.2, 0.25) is 5.02 Å². The van der Waals surface area contributed by atoms with Gasteiger partial charge in [0.25, 0.3) is 0 Å². The maximum Gasteiger partial charge on any atom is 0.416 e. The Morgan fingerprint density at radius 1 is 1.18 bits per heavy atom. The van der Waals surface area contributed by atoms with Crippen molar-refractivity contribution in [3.8, 4) is 11.1 Å². The Bertz CT molecular complexity index is 1080. The summed E-state index contributed by atoms with van der Waals surface area (Å²) < 4.78 is 40.8. The summed E-state index contributed by atoms with van der Waals surface area (Å²) in [5.74, 6) is -1.23. The van der Waals surface area contributed by atoms with Crippen molar-refractivity contribution in [3.05, 3.63) is 53.2 Å². The van der Waals surface area contributed by atoms with Crippen molar-refractivity contribution in [1.82, 2.24) is 4.57 Å². The molecule has 2 heterocycles. The van der Waals surface area contributed by atoms with Gasteiger partial charge in [-0.25, -0.2) is 0 Å². The molecule has 0 saturated carbocycles. The lowest BCUT2D eigenvalue weighted by Crippen LogP contribution is -2.50. The van der Waals surface area contributed by atoms with Gasteiger partial charge in [0.15, 0.2) is 0 Å². The van der Waals surface area contributed by atoms with Crippen molar-refractivity contribution in [2.75, 3.05) is 18.0 Å². The molecule has 4 rings (SSSR count). The lowest BCUT2D eigenvalue weighted by atomic mass is 9.97. The molecule has 0 atom stereocenters. The predicted octanol–water partition coefficient (Wildman–Crippen LogP) is 5.04. The van der Waals surface area contributed by atoms with E-state index >= 15 is 0 Å². The molecule has 1 fully saturated rings. The third-order valence-electron chi connectivity index (χ3n) is 5.11. The summed E-state index contributed by atoms with van der Waals surface area (Å²) in [5, 5.41) is 10.2. The highest BCUT2D eigenvalue weighted by Gasteiger charge is 2.33. The highest BCUT2D eigenvalue weighted by Crippen LogP contribution is 2.38. The first-order valence-corrected chi connectivity index (χ1v) is 8.96. The van der Waals surface area contributed by atoms with Gasteiger partial charge < -0.3 is 14.6 Å². The van der Waals surface area contributed by atoms with E-state index in [9.17, 15) is 18.0 Å². The summed E-state index contributed by atoms with van der Waals surface area (Å²) in [6.07, 6.45) is -2.63. The molecule has 0 amide bonds. The van der Waals surface area contributed by atoms with Gasteiger partial charge in [-0.15, -0.1) is 0 Å². The number of aliphatic carboxylic acids is 1. The Hall–Kier alpha value is -2.67. The van der Waals surface area contributed by atoms with E-state index in [0.29, 0.717) is 29.0 Å². The second-order valence-corrected chi connectivity index (χ2v) is 7.46. The Balaban J connectivity index is 1.75. The van der Waals surface area contributed by atoms with E-state index in [1.54, 1.807) is 29.9 Å². The minimum atomic E-state index is -4.40. The first-order chi connectivity index (χ1) is 13.1. The molecular formula is C20H16ClF3N2O2. The number of carboxylic acids is 1. The fourth-order valence-electron chi connectivity index (χ4n) is 3.55. The monoisotopic (exact) mass is 408 g/mol. The van der Waals surface area contributed by atoms with Crippen molar-refractivity contribution in [1.29, 1.82) is 0 Å². The third-order valence-corrected chi connectivity index (χ3v) is 5.33. The van der Waals surface area contributed by atoms with Crippen LogP contribution in [0.4, 0.5) is 18.9 Å². The SMILES string of the molecule is Cn1cc(-c2cc(Cl)cc(N3CC(C(=O)O)C3)c2)c2ccc(C(F)(F)F)cc21. The second kappa shape index (κ2) is 6.44. The smallest absolute Gasteiger partial charge is 0.416 e. The zero-order chi connectivity index (χ0) is 20.2. The summed E-state index contributed by atoms with van der Waals surface area (Å²) in [7, 11) is 1.70. The summed E-state index contributed by atoms with van der Waals surface area (Å²) in [6.45, 7) is 0.805. The number of halogens is 4. The summed E-state index contributed by atoms with van der Waals surface area (Å²) in [5.41, 5.74) is 2.11. The summed E-state index contributed by atoms with van der Waals surface area (Å²) in [6, 6.07) is 9.08. The number of aromatic nitrogens is 1. The van der Waals surface area contributed by atoms with E-state index in [2.05, 4.69) is 0 Å². The number of benzene rings is 2. The quantitative estimate of drug-likeness (QED) is 0.660. The molecule has 1 aromatic heterocycles. The average molecular weight is 409 g/mol. The zero-order valence-corrected chi connectivity index (χ0v) is 15.6. The highest BCUT2D eigenvalue weighted by atomic mass is 35.5. The number of fused-ring (bicyclic) bond motifs is 1. The number of carbonyl (C=O) groups is 1. The van der Waals surface area contributed by atoms with Crippen LogP contribution in [0.1, 0.15) is 5.56 Å². The standard InChI is InChI=1S/C20H16ClF3N2O2/c1-25-10-17(16-3-2-13(6-18(16)25)20(22,23)24)11-4-14(21)7-15(5-11)26-8-12(9-26)19(27)28/h2-7,10,12H,8-9H2,1H3,(H,27,28). The van der Waals surface area contributed by atoms with Crippen molar-refractivity contribution < 1.29 is 23.1 Å². The molecule has 1 N–H and O–H groups in total. The fraction of sp³-hybridized carbons (Fsp3) is 0.250. The highest BCUT2D eigenvalue weighted by molar-refractivity contribution is 6.31. The molecule has 0 unspecified atom stereocenters. The maximum atomic E-state index is 13.0. The lowest BCUT2D eigenvalue weighted by Gasteiger charge is -2.38.